The summed E-state index contributed by atoms with van der Waals surface area (Å²) in [5, 5.41) is 0. The first kappa shape index (κ1) is 16.4. The molecule has 0 aromatic carbocycles. The van der Waals surface area contributed by atoms with Crippen LogP contribution in [0.15, 0.2) is 18.5 Å². The van der Waals surface area contributed by atoms with Crippen molar-refractivity contribution in [2.45, 2.75) is 50.6 Å². The number of sulfone groups is 1. The van der Waals surface area contributed by atoms with Crippen LogP contribution in [-0.2, 0) is 9.84 Å². The van der Waals surface area contributed by atoms with E-state index in [4.69, 9.17) is 0 Å². The van der Waals surface area contributed by atoms with E-state index >= 15 is 0 Å². The molecule has 2 aliphatic rings. The van der Waals surface area contributed by atoms with Crippen molar-refractivity contribution in [3.05, 3.63) is 29.8 Å². The highest BCUT2D eigenvalue weighted by Gasteiger charge is 2.38. The molecule has 1 aliphatic heterocycles. The van der Waals surface area contributed by atoms with Crippen LogP contribution in [0.5, 0.6) is 0 Å². The molecule has 1 aromatic rings. The summed E-state index contributed by atoms with van der Waals surface area (Å²) in [5.41, 5.74) is 0.194. The molecule has 126 valence electrons. The van der Waals surface area contributed by atoms with Gasteiger partial charge in [-0.25, -0.2) is 12.8 Å². The molecule has 1 amide bonds. The molecule has 0 unspecified atom stereocenters. The fourth-order valence-electron chi connectivity index (χ4n) is 3.66. The predicted octanol–water partition coefficient (Wildman–Crippen LogP) is 2.18. The minimum absolute atomic E-state index is 0.0119. The van der Waals surface area contributed by atoms with Crippen LogP contribution in [0.25, 0.3) is 0 Å². The number of carbonyl (C=O) groups excluding carboxylic acids is 1. The number of rotatable bonds is 3. The zero-order chi connectivity index (χ0) is 16.4. The second-order valence-corrected chi connectivity index (χ2v) is 8.68. The van der Waals surface area contributed by atoms with Gasteiger partial charge >= 0.3 is 0 Å². The summed E-state index contributed by atoms with van der Waals surface area (Å²) < 4.78 is 37.1. The standard InChI is InChI=1S/C16H21FN2O3S/c17-13-8-12(9-18-10-13)16(20)19(14-4-2-1-3-5-14)15-6-7-23(21,22)11-15/h8-10,14-15H,1-7,11H2/t15-/m1/s1. The normalized spacial score (nSPS) is 24.5. The van der Waals surface area contributed by atoms with E-state index in [9.17, 15) is 17.6 Å². The van der Waals surface area contributed by atoms with E-state index in [0.717, 1.165) is 38.3 Å². The Labute approximate surface area is 135 Å². The number of carbonyl (C=O) groups is 1. The Kier molecular flexibility index (Phi) is 4.66. The van der Waals surface area contributed by atoms with Crippen molar-refractivity contribution in [1.29, 1.82) is 0 Å². The number of amides is 1. The van der Waals surface area contributed by atoms with Crippen LogP contribution in [0, 0.1) is 5.82 Å². The molecule has 1 aliphatic carbocycles. The molecule has 1 saturated carbocycles. The topological polar surface area (TPSA) is 67.3 Å². The largest absolute Gasteiger partial charge is 0.332 e. The quantitative estimate of drug-likeness (QED) is 0.846. The summed E-state index contributed by atoms with van der Waals surface area (Å²) in [4.78, 5) is 18.4. The van der Waals surface area contributed by atoms with Gasteiger partial charge in [-0.1, -0.05) is 19.3 Å². The molecular formula is C16H21FN2O3S. The van der Waals surface area contributed by atoms with Crippen molar-refractivity contribution < 1.29 is 17.6 Å². The monoisotopic (exact) mass is 340 g/mol. The van der Waals surface area contributed by atoms with Gasteiger partial charge in [0.2, 0.25) is 0 Å². The van der Waals surface area contributed by atoms with Crippen molar-refractivity contribution in [3.63, 3.8) is 0 Å². The summed E-state index contributed by atoms with van der Waals surface area (Å²) in [6.45, 7) is 0. The second-order valence-electron chi connectivity index (χ2n) is 6.45. The Morgan fingerprint density at radius 3 is 2.48 bits per heavy atom. The SMILES string of the molecule is O=C(c1cncc(F)c1)N(C1CCCCC1)[C@@H]1CCS(=O)(=O)C1. The van der Waals surface area contributed by atoms with E-state index in [2.05, 4.69) is 4.98 Å². The van der Waals surface area contributed by atoms with Gasteiger partial charge in [-0.05, 0) is 25.3 Å². The van der Waals surface area contributed by atoms with E-state index in [0.29, 0.717) is 6.42 Å². The lowest BCUT2D eigenvalue weighted by molar-refractivity contribution is 0.0541. The third-order valence-corrected chi connectivity index (χ3v) is 6.51. The molecule has 1 atom stereocenters. The number of nitrogens with zero attached hydrogens (tertiary/aromatic N) is 2. The first-order valence-electron chi connectivity index (χ1n) is 8.10. The summed E-state index contributed by atoms with van der Waals surface area (Å²) in [6.07, 6.45) is 7.85. The maximum Gasteiger partial charge on any atom is 0.256 e. The third kappa shape index (κ3) is 3.71. The number of hydrogen-bond donors (Lipinski definition) is 0. The van der Waals surface area contributed by atoms with Gasteiger partial charge in [-0.2, -0.15) is 0 Å². The summed E-state index contributed by atoms with van der Waals surface area (Å²) in [5.74, 6) is -0.724. The van der Waals surface area contributed by atoms with Crippen LogP contribution in [0.4, 0.5) is 4.39 Å². The molecule has 0 bridgehead atoms. The molecular weight excluding hydrogens is 319 g/mol. The van der Waals surface area contributed by atoms with Gasteiger partial charge in [0.05, 0.1) is 23.3 Å². The average Bonchev–Trinajstić information content (AvgIpc) is 2.88. The zero-order valence-electron chi connectivity index (χ0n) is 12.9. The minimum Gasteiger partial charge on any atom is -0.332 e. The van der Waals surface area contributed by atoms with Crippen molar-refractivity contribution in [3.8, 4) is 0 Å². The lowest BCUT2D eigenvalue weighted by atomic mass is 9.92. The molecule has 1 saturated heterocycles. The highest BCUT2D eigenvalue weighted by Crippen LogP contribution is 2.29. The van der Waals surface area contributed by atoms with Crippen LogP contribution in [0.3, 0.4) is 0 Å². The molecule has 2 fully saturated rings. The number of pyridine rings is 1. The molecule has 1 aromatic heterocycles. The van der Waals surface area contributed by atoms with Gasteiger partial charge in [-0.15, -0.1) is 0 Å². The molecule has 0 radical (unpaired) electrons. The fraction of sp³-hybridized carbons (Fsp3) is 0.625. The Morgan fingerprint density at radius 2 is 1.87 bits per heavy atom. The van der Waals surface area contributed by atoms with Crippen molar-refractivity contribution >= 4 is 15.7 Å². The highest BCUT2D eigenvalue weighted by atomic mass is 32.2. The Bertz CT molecular complexity index is 686. The predicted molar refractivity (Wildman–Crippen MR) is 84.3 cm³/mol. The third-order valence-electron chi connectivity index (χ3n) is 4.76. The number of aromatic nitrogens is 1. The first-order valence-corrected chi connectivity index (χ1v) is 9.92. The van der Waals surface area contributed by atoms with Gasteiger partial charge in [0.1, 0.15) is 5.82 Å². The van der Waals surface area contributed by atoms with Crippen molar-refractivity contribution in [2.75, 3.05) is 11.5 Å². The van der Waals surface area contributed by atoms with Crippen molar-refractivity contribution in [2.24, 2.45) is 0 Å². The van der Waals surface area contributed by atoms with Crippen LogP contribution < -0.4 is 0 Å². The zero-order valence-corrected chi connectivity index (χ0v) is 13.8. The fourth-order valence-corrected chi connectivity index (χ4v) is 5.37. The number of hydrogen-bond acceptors (Lipinski definition) is 4. The van der Waals surface area contributed by atoms with Crippen molar-refractivity contribution in [1.82, 2.24) is 9.88 Å². The van der Waals surface area contributed by atoms with Crippen LogP contribution in [0.1, 0.15) is 48.9 Å². The minimum atomic E-state index is -3.09. The molecule has 23 heavy (non-hydrogen) atoms. The maximum atomic E-state index is 13.4. The summed E-state index contributed by atoms with van der Waals surface area (Å²) in [6, 6.07) is 0.908. The van der Waals surface area contributed by atoms with Crippen LogP contribution in [0.2, 0.25) is 0 Å². The van der Waals surface area contributed by atoms with Gasteiger partial charge in [0.15, 0.2) is 9.84 Å². The van der Waals surface area contributed by atoms with Gasteiger partial charge in [-0.3, -0.25) is 9.78 Å². The molecule has 0 N–H and O–H groups in total. The average molecular weight is 340 g/mol. The van der Waals surface area contributed by atoms with Gasteiger partial charge < -0.3 is 4.90 Å². The van der Waals surface area contributed by atoms with Gasteiger partial charge in [0.25, 0.3) is 5.91 Å². The van der Waals surface area contributed by atoms with Gasteiger partial charge in [0, 0.05) is 18.3 Å². The Morgan fingerprint density at radius 1 is 1.13 bits per heavy atom. The van der Waals surface area contributed by atoms with E-state index < -0.39 is 15.7 Å². The molecule has 0 spiro atoms. The van der Waals surface area contributed by atoms with E-state index in [1.807, 2.05) is 0 Å². The Balaban J connectivity index is 1.89. The summed E-state index contributed by atoms with van der Waals surface area (Å²) >= 11 is 0. The smallest absolute Gasteiger partial charge is 0.256 e. The molecule has 5 nitrogen and oxygen atoms in total. The summed E-state index contributed by atoms with van der Waals surface area (Å²) in [7, 11) is -3.09. The van der Waals surface area contributed by atoms with E-state index in [-0.39, 0.29) is 35.1 Å². The van der Waals surface area contributed by atoms with E-state index in [1.165, 1.54) is 12.3 Å². The lowest BCUT2D eigenvalue weighted by Crippen LogP contribution is -2.48. The molecule has 3 rings (SSSR count). The number of halogens is 1. The maximum absolute atomic E-state index is 13.4. The molecule has 7 heteroatoms. The van der Waals surface area contributed by atoms with Crippen LogP contribution >= 0.6 is 0 Å². The molecule has 2 heterocycles. The first-order chi connectivity index (χ1) is 11.0. The second kappa shape index (κ2) is 6.55. The van der Waals surface area contributed by atoms with E-state index in [1.54, 1.807) is 4.90 Å². The Hall–Kier alpha value is -1.50. The van der Waals surface area contributed by atoms with Crippen LogP contribution in [-0.4, -0.2) is 47.8 Å². The lowest BCUT2D eigenvalue weighted by Gasteiger charge is -2.38. The highest BCUT2D eigenvalue weighted by molar-refractivity contribution is 7.91.